The molecule has 2 fully saturated rings. The highest BCUT2D eigenvalue weighted by Crippen LogP contribution is 2.43. The number of amides is 2. The van der Waals surface area contributed by atoms with Gasteiger partial charge in [0.05, 0.1) is 91.0 Å². The summed E-state index contributed by atoms with van der Waals surface area (Å²) >= 11 is 0. The number of nitrogens with zero attached hydrogens (tertiary/aromatic N) is 4. The monoisotopic (exact) mass is 974 g/mol. The highest BCUT2D eigenvalue weighted by atomic mass is 19.4. The Balaban J connectivity index is 0.711. The molecule has 2 bridgehead atoms. The molecule has 2 aromatic carbocycles. The van der Waals surface area contributed by atoms with Crippen LogP contribution < -0.4 is 15.4 Å². The highest BCUT2D eigenvalue weighted by molar-refractivity contribution is 6.04. The summed E-state index contributed by atoms with van der Waals surface area (Å²) in [6.45, 7) is 11.2. The van der Waals surface area contributed by atoms with E-state index in [1.165, 1.54) is 12.1 Å². The van der Waals surface area contributed by atoms with Crippen LogP contribution in [0.1, 0.15) is 51.1 Å². The SMILES string of the molecule is Cc1ccc(C(=O)Nc2ccc(CN3CCN(C)CC3)c(C(F)(F)F)c2)cc1C#Cc1cnc2cc(OCCOCCOCCOCCOCCOCCOCCNC(=O)C3CC4C=CC3C4)ccn12. The Morgan fingerprint density at radius 3 is 2.04 bits per heavy atom. The number of alkyl halides is 3. The molecule has 15 nitrogen and oxygen atoms in total. The Labute approximate surface area is 407 Å². The van der Waals surface area contributed by atoms with Crippen LogP contribution in [-0.2, 0) is 45.9 Å². The van der Waals surface area contributed by atoms with Crippen molar-refractivity contribution in [3.63, 3.8) is 0 Å². The summed E-state index contributed by atoms with van der Waals surface area (Å²) in [5.74, 6) is 7.60. The topological polar surface area (TPSA) is 147 Å². The van der Waals surface area contributed by atoms with E-state index in [1.807, 2.05) is 35.5 Å². The molecule has 0 radical (unpaired) electrons. The van der Waals surface area contributed by atoms with Gasteiger partial charge in [0.1, 0.15) is 23.7 Å². The van der Waals surface area contributed by atoms with E-state index in [9.17, 15) is 22.8 Å². The van der Waals surface area contributed by atoms with Gasteiger partial charge < -0.3 is 48.7 Å². The zero-order chi connectivity index (χ0) is 49.1. The largest absolute Gasteiger partial charge is 0.491 e. The Morgan fingerprint density at radius 2 is 1.41 bits per heavy atom. The molecule has 1 saturated heterocycles. The normalized spacial score (nSPS) is 18.0. The van der Waals surface area contributed by atoms with E-state index in [0.29, 0.717) is 140 Å². The molecule has 7 rings (SSSR count). The molecular formula is C52H65F3N6O9. The molecule has 18 heteroatoms. The van der Waals surface area contributed by atoms with Crippen LogP contribution in [0.15, 0.2) is 73.1 Å². The maximum atomic E-state index is 14.2. The zero-order valence-electron chi connectivity index (χ0n) is 40.1. The van der Waals surface area contributed by atoms with E-state index in [-0.39, 0.29) is 35.2 Å². The number of imidazole rings is 1. The first kappa shape index (κ1) is 52.5. The second kappa shape index (κ2) is 26.7. The van der Waals surface area contributed by atoms with E-state index >= 15 is 0 Å². The summed E-state index contributed by atoms with van der Waals surface area (Å²) in [6, 6.07) is 12.6. The molecular weight excluding hydrogens is 910 g/mol. The van der Waals surface area contributed by atoms with Crippen molar-refractivity contribution in [3.05, 3.63) is 107 Å². The van der Waals surface area contributed by atoms with Crippen molar-refractivity contribution >= 4 is 23.1 Å². The lowest BCUT2D eigenvalue weighted by molar-refractivity contribution is -0.138. The number of likely N-dealkylation sites (N-methyl/N-ethyl adjacent to an activating group) is 1. The third-order valence-corrected chi connectivity index (χ3v) is 12.5. The first-order valence-electron chi connectivity index (χ1n) is 24.1. The minimum atomic E-state index is -4.57. The number of carbonyl (C=O) groups excluding carboxylic acids is 2. The number of ether oxygens (including phenoxy) is 7. The van der Waals surface area contributed by atoms with Crippen LogP contribution in [0.25, 0.3) is 5.65 Å². The number of anilines is 1. The molecule has 2 aromatic heterocycles. The fourth-order valence-corrected chi connectivity index (χ4v) is 8.56. The number of carbonyl (C=O) groups is 2. The lowest BCUT2D eigenvalue weighted by atomic mass is 9.93. The third kappa shape index (κ3) is 16.1. The number of fused-ring (bicyclic) bond motifs is 3. The van der Waals surface area contributed by atoms with Crippen LogP contribution in [0.3, 0.4) is 0 Å². The van der Waals surface area contributed by atoms with Crippen molar-refractivity contribution in [2.24, 2.45) is 17.8 Å². The summed E-state index contributed by atoms with van der Waals surface area (Å²) in [6.07, 6.45) is 5.39. The van der Waals surface area contributed by atoms with E-state index in [0.717, 1.165) is 37.6 Å². The van der Waals surface area contributed by atoms with Gasteiger partial charge in [-0.15, -0.1) is 0 Å². The zero-order valence-corrected chi connectivity index (χ0v) is 40.1. The van der Waals surface area contributed by atoms with Gasteiger partial charge in [-0.2, -0.15) is 13.2 Å². The molecule has 3 aliphatic rings. The molecule has 2 aliphatic carbocycles. The van der Waals surface area contributed by atoms with Crippen LogP contribution in [0.2, 0.25) is 0 Å². The first-order chi connectivity index (χ1) is 34.0. The summed E-state index contributed by atoms with van der Waals surface area (Å²) < 4.78 is 83.5. The number of rotatable bonds is 27. The number of nitrogens with one attached hydrogen (secondary N) is 2. The van der Waals surface area contributed by atoms with Gasteiger partial charge in [-0.25, -0.2) is 4.98 Å². The highest BCUT2D eigenvalue weighted by Gasteiger charge is 2.39. The molecule has 378 valence electrons. The summed E-state index contributed by atoms with van der Waals surface area (Å²) in [4.78, 5) is 34.2. The minimum Gasteiger partial charge on any atom is -0.491 e. The fraction of sp³-hybridized carbons (Fsp3) is 0.519. The molecule has 3 atom stereocenters. The summed E-state index contributed by atoms with van der Waals surface area (Å²) in [7, 11) is 2.00. The van der Waals surface area contributed by atoms with E-state index in [1.54, 1.807) is 30.5 Å². The number of halogens is 3. The molecule has 0 spiro atoms. The fourth-order valence-electron chi connectivity index (χ4n) is 8.56. The standard InChI is InChI=1S/C52H65F3N6O9/c1-38-3-5-42(50(62)58-44-9-7-43(48(34-44)52(53,54)55)37-60-16-14-59(2)15-17-60)33-40(38)8-10-45-36-57-49-35-46(11-13-61(45)49)70-30-29-69-28-27-68-26-25-67-24-23-66-22-21-65-20-19-64-18-12-56-51(63)47-32-39-4-6-41(47)31-39/h3-7,9,11,13,33-36,39,41,47H,12,14-32,37H2,1-2H3,(H,56,63)(H,58,62). The van der Waals surface area contributed by atoms with E-state index in [4.69, 9.17) is 33.2 Å². The molecule has 1 saturated carbocycles. The Morgan fingerprint density at radius 1 is 0.757 bits per heavy atom. The number of hydrogen-bond acceptors (Lipinski definition) is 12. The number of aryl methyl sites for hydroxylation is 1. The second-order valence-corrected chi connectivity index (χ2v) is 17.6. The number of piperazine rings is 1. The number of aromatic nitrogens is 2. The lowest BCUT2D eigenvalue weighted by Crippen LogP contribution is -2.44. The number of allylic oxidation sites excluding steroid dienone is 2. The maximum absolute atomic E-state index is 14.2. The van der Waals surface area contributed by atoms with Crippen molar-refractivity contribution in [1.82, 2.24) is 24.5 Å². The van der Waals surface area contributed by atoms with Crippen LogP contribution in [-0.4, -0.2) is 157 Å². The van der Waals surface area contributed by atoms with Crippen LogP contribution in [0.4, 0.5) is 18.9 Å². The van der Waals surface area contributed by atoms with Crippen molar-refractivity contribution in [2.75, 3.05) is 131 Å². The van der Waals surface area contributed by atoms with Crippen molar-refractivity contribution in [2.45, 2.75) is 32.5 Å². The molecule has 2 N–H and O–H groups in total. The minimum absolute atomic E-state index is 0.0633. The smallest absolute Gasteiger partial charge is 0.416 e. The predicted octanol–water partition coefficient (Wildman–Crippen LogP) is 5.87. The van der Waals surface area contributed by atoms with E-state index < -0.39 is 17.6 Å². The molecule has 1 aliphatic heterocycles. The van der Waals surface area contributed by atoms with Crippen molar-refractivity contribution < 1.29 is 55.9 Å². The van der Waals surface area contributed by atoms with Crippen molar-refractivity contribution in [3.8, 4) is 17.6 Å². The predicted molar refractivity (Wildman–Crippen MR) is 257 cm³/mol. The number of hydrogen-bond donors (Lipinski definition) is 2. The molecule has 3 heterocycles. The van der Waals surface area contributed by atoms with Gasteiger partial charge in [-0.05, 0) is 86.0 Å². The Kier molecular flexibility index (Phi) is 20.0. The van der Waals surface area contributed by atoms with Crippen LogP contribution in [0, 0.1) is 36.5 Å². The summed E-state index contributed by atoms with van der Waals surface area (Å²) in [5, 5.41) is 5.63. The summed E-state index contributed by atoms with van der Waals surface area (Å²) in [5.41, 5.74) is 2.43. The lowest BCUT2D eigenvalue weighted by Gasteiger charge is -2.33. The van der Waals surface area contributed by atoms with Gasteiger partial charge in [0.2, 0.25) is 5.91 Å². The first-order valence-corrected chi connectivity index (χ1v) is 24.1. The van der Waals surface area contributed by atoms with Gasteiger partial charge in [0.15, 0.2) is 0 Å². The van der Waals surface area contributed by atoms with Gasteiger partial charge in [-0.3, -0.25) is 18.9 Å². The van der Waals surface area contributed by atoms with Crippen molar-refractivity contribution in [1.29, 1.82) is 0 Å². The average molecular weight is 975 g/mol. The molecule has 3 unspecified atom stereocenters. The second-order valence-electron chi connectivity index (χ2n) is 17.6. The third-order valence-electron chi connectivity index (χ3n) is 12.5. The molecule has 70 heavy (non-hydrogen) atoms. The van der Waals surface area contributed by atoms with Gasteiger partial charge in [-0.1, -0.05) is 30.2 Å². The molecule has 2 amide bonds. The number of benzene rings is 2. The van der Waals surface area contributed by atoms with Gasteiger partial charge in [0.25, 0.3) is 5.91 Å². The number of pyridine rings is 1. The van der Waals surface area contributed by atoms with Gasteiger partial charge >= 0.3 is 6.18 Å². The average Bonchev–Trinajstić information content (AvgIpc) is 4.11. The van der Waals surface area contributed by atoms with Gasteiger partial charge in [0, 0.05) is 74.3 Å². The quantitative estimate of drug-likeness (QED) is 0.0419. The Hall–Kier alpha value is -5.36. The van der Waals surface area contributed by atoms with Crippen LogP contribution in [0.5, 0.6) is 5.75 Å². The molecule has 4 aromatic rings. The van der Waals surface area contributed by atoms with Crippen LogP contribution >= 0.6 is 0 Å². The van der Waals surface area contributed by atoms with E-state index in [2.05, 4.69) is 44.5 Å². The maximum Gasteiger partial charge on any atom is 0.416 e. The Bertz CT molecular complexity index is 2410.